The van der Waals surface area contributed by atoms with Crippen molar-refractivity contribution in [3.8, 4) is 5.75 Å². The third-order valence-electron chi connectivity index (χ3n) is 5.26. The van der Waals surface area contributed by atoms with E-state index in [9.17, 15) is 32.7 Å². The lowest BCUT2D eigenvalue weighted by Crippen LogP contribution is -2.26. The molecule has 10 heteroatoms. The van der Waals surface area contributed by atoms with Gasteiger partial charge in [-0.1, -0.05) is 37.6 Å². The van der Waals surface area contributed by atoms with Gasteiger partial charge in [-0.25, -0.2) is 0 Å². The average molecular weight is 495 g/mol. The van der Waals surface area contributed by atoms with Gasteiger partial charge < -0.3 is 19.9 Å². The molecule has 0 bridgehead atoms. The van der Waals surface area contributed by atoms with E-state index in [1.54, 1.807) is 31.2 Å². The molecule has 0 aliphatic carbocycles. The first-order chi connectivity index (χ1) is 16.6. The van der Waals surface area contributed by atoms with E-state index in [2.05, 4.69) is 10.1 Å². The summed E-state index contributed by atoms with van der Waals surface area (Å²) >= 11 is 0. The van der Waals surface area contributed by atoms with Crippen molar-refractivity contribution >= 4 is 17.8 Å². The number of rotatable bonds is 12. The summed E-state index contributed by atoms with van der Waals surface area (Å²) in [5.41, 5.74) is 1.36. The first-order valence-electron chi connectivity index (χ1n) is 11.2. The maximum Gasteiger partial charge on any atom is 0.573 e. The van der Waals surface area contributed by atoms with Crippen molar-refractivity contribution in [3.05, 3.63) is 65.2 Å². The van der Waals surface area contributed by atoms with Crippen LogP contribution in [0.2, 0.25) is 0 Å². The zero-order chi connectivity index (χ0) is 26.0. The molecule has 0 saturated heterocycles. The van der Waals surface area contributed by atoms with Gasteiger partial charge in [0.15, 0.2) is 0 Å². The van der Waals surface area contributed by atoms with Gasteiger partial charge >= 0.3 is 18.3 Å². The lowest BCUT2D eigenvalue weighted by molar-refractivity contribution is -0.274. The molecule has 0 saturated carbocycles. The van der Waals surface area contributed by atoms with Crippen molar-refractivity contribution < 1.29 is 42.1 Å². The third kappa shape index (κ3) is 8.62. The molecule has 2 atom stereocenters. The molecule has 7 nitrogen and oxygen atoms in total. The van der Waals surface area contributed by atoms with Gasteiger partial charge in [-0.15, -0.1) is 13.2 Å². The fourth-order valence-electron chi connectivity index (χ4n) is 3.76. The standard InChI is InChI=1S/C25H28F3NO6/c1-3-5-20(22(24(32)33)17-10-12-19(13-11-17)35-25(26,27)28)16-6-8-18(9-7-16)23(31)29-15-14-21(30)34-4-2/h6-13,20,22H,3-5,14-15H2,1-2H3,(H,29,31)(H,32,33)/t20-,22-/m1/s1. The second-order valence-corrected chi connectivity index (χ2v) is 7.76. The van der Waals surface area contributed by atoms with Gasteiger partial charge in [-0.05, 0) is 48.7 Å². The molecule has 1 amide bonds. The Balaban J connectivity index is 2.19. The number of carbonyl (C=O) groups is 3. The van der Waals surface area contributed by atoms with Crippen LogP contribution < -0.4 is 10.1 Å². The van der Waals surface area contributed by atoms with E-state index in [0.717, 1.165) is 12.1 Å². The van der Waals surface area contributed by atoms with E-state index >= 15 is 0 Å². The monoisotopic (exact) mass is 495 g/mol. The summed E-state index contributed by atoms with van der Waals surface area (Å²) in [6, 6.07) is 11.3. The van der Waals surface area contributed by atoms with Crippen molar-refractivity contribution in [2.45, 2.75) is 51.3 Å². The maximum absolute atomic E-state index is 12.4. The number of ether oxygens (including phenoxy) is 2. The fraction of sp³-hybridized carbons (Fsp3) is 0.400. The number of benzene rings is 2. The molecule has 190 valence electrons. The van der Waals surface area contributed by atoms with Crippen LogP contribution in [0.25, 0.3) is 0 Å². The first-order valence-corrected chi connectivity index (χ1v) is 11.2. The molecule has 2 aromatic carbocycles. The van der Waals surface area contributed by atoms with Crippen LogP contribution in [0.1, 0.15) is 66.4 Å². The molecular formula is C25H28F3NO6. The van der Waals surface area contributed by atoms with E-state index in [4.69, 9.17) is 4.74 Å². The summed E-state index contributed by atoms with van der Waals surface area (Å²) in [6.07, 6.45) is -3.63. The summed E-state index contributed by atoms with van der Waals surface area (Å²) < 4.78 is 46.0. The number of nitrogens with one attached hydrogen (secondary N) is 1. The number of hydrogen-bond donors (Lipinski definition) is 2. The van der Waals surface area contributed by atoms with Crippen molar-refractivity contribution in [2.24, 2.45) is 0 Å². The Morgan fingerprint density at radius 1 is 0.971 bits per heavy atom. The molecule has 0 aliphatic rings. The molecule has 0 spiro atoms. The van der Waals surface area contributed by atoms with Gasteiger partial charge in [0.1, 0.15) is 5.75 Å². The molecule has 35 heavy (non-hydrogen) atoms. The summed E-state index contributed by atoms with van der Waals surface area (Å²) in [7, 11) is 0. The number of alkyl halides is 3. The minimum absolute atomic E-state index is 0.0450. The first kappa shape index (κ1) is 27.7. The Hall–Kier alpha value is -3.56. The molecule has 2 rings (SSSR count). The molecule has 0 heterocycles. The van der Waals surface area contributed by atoms with Crippen LogP contribution in [0.3, 0.4) is 0 Å². The second-order valence-electron chi connectivity index (χ2n) is 7.76. The van der Waals surface area contributed by atoms with Crippen LogP contribution in [0.4, 0.5) is 13.2 Å². The van der Waals surface area contributed by atoms with Crippen LogP contribution in [-0.2, 0) is 14.3 Å². The number of carboxylic acid groups (broad SMARTS) is 1. The second kappa shape index (κ2) is 12.8. The van der Waals surface area contributed by atoms with Gasteiger partial charge in [0, 0.05) is 18.0 Å². The number of aliphatic carboxylic acids is 1. The van der Waals surface area contributed by atoms with E-state index in [0.29, 0.717) is 29.5 Å². The van der Waals surface area contributed by atoms with Gasteiger partial charge in [0.05, 0.1) is 18.9 Å². The fourth-order valence-corrected chi connectivity index (χ4v) is 3.76. The third-order valence-corrected chi connectivity index (χ3v) is 5.26. The van der Waals surface area contributed by atoms with Crippen LogP contribution in [0.5, 0.6) is 5.75 Å². The van der Waals surface area contributed by atoms with Crippen molar-refractivity contribution in [2.75, 3.05) is 13.2 Å². The summed E-state index contributed by atoms with van der Waals surface area (Å²) in [5, 5.41) is 12.6. The Kier molecular flexibility index (Phi) is 10.1. The van der Waals surface area contributed by atoms with Crippen LogP contribution in [0.15, 0.2) is 48.5 Å². The van der Waals surface area contributed by atoms with E-state index in [1.165, 1.54) is 12.1 Å². The van der Waals surface area contributed by atoms with E-state index in [1.807, 2.05) is 6.92 Å². The molecule has 0 aromatic heterocycles. The Morgan fingerprint density at radius 2 is 1.57 bits per heavy atom. The van der Waals surface area contributed by atoms with E-state index < -0.39 is 35.9 Å². The van der Waals surface area contributed by atoms with Gasteiger partial charge in [0.2, 0.25) is 0 Å². The van der Waals surface area contributed by atoms with Crippen LogP contribution in [-0.4, -0.2) is 42.5 Å². The van der Waals surface area contributed by atoms with Gasteiger partial charge in [-0.3, -0.25) is 14.4 Å². The number of hydrogen-bond acceptors (Lipinski definition) is 5. The van der Waals surface area contributed by atoms with Crippen LogP contribution >= 0.6 is 0 Å². The summed E-state index contributed by atoms with van der Waals surface area (Å²) in [6.45, 7) is 3.97. The zero-order valence-corrected chi connectivity index (χ0v) is 19.4. The zero-order valence-electron chi connectivity index (χ0n) is 19.4. The molecule has 0 fully saturated rings. The minimum atomic E-state index is -4.84. The highest BCUT2D eigenvalue weighted by Gasteiger charge is 2.33. The smallest absolute Gasteiger partial charge is 0.481 e. The number of carbonyl (C=O) groups excluding carboxylic acids is 2. The van der Waals surface area contributed by atoms with Crippen molar-refractivity contribution in [1.82, 2.24) is 5.32 Å². The average Bonchev–Trinajstić information content (AvgIpc) is 2.79. The topological polar surface area (TPSA) is 102 Å². The number of esters is 1. The SMILES string of the molecule is CCC[C@H](c1ccc(C(=O)NCCC(=O)OCC)cc1)[C@H](C(=O)O)c1ccc(OC(F)(F)F)cc1. The number of amides is 1. The molecule has 2 N–H and O–H groups in total. The predicted octanol–water partition coefficient (Wildman–Crippen LogP) is 5.02. The molecular weight excluding hydrogens is 467 g/mol. The highest BCUT2D eigenvalue weighted by atomic mass is 19.4. The minimum Gasteiger partial charge on any atom is -0.481 e. The predicted molar refractivity (Wildman–Crippen MR) is 121 cm³/mol. The van der Waals surface area contributed by atoms with Crippen molar-refractivity contribution in [3.63, 3.8) is 0 Å². The Morgan fingerprint density at radius 3 is 2.09 bits per heavy atom. The largest absolute Gasteiger partial charge is 0.573 e. The molecule has 0 unspecified atom stereocenters. The normalized spacial score (nSPS) is 12.9. The van der Waals surface area contributed by atoms with Crippen LogP contribution in [0, 0.1) is 0 Å². The lowest BCUT2D eigenvalue weighted by Gasteiger charge is -2.25. The molecule has 2 aromatic rings. The lowest BCUT2D eigenvalue weighted by atomic mass is 9.78. The number of carboxylic acids is 1. The molecule has 0 aliphatic heterocycles. The van der Waals surface area contributed by atoms with Gasteiger partial charge in [0.25, 0.3) is 5.91 Å². The molecule has 0 radical (unpaired) electrons. The quantitative estimate of drug-likeness (QED) is 0.401. The van der Waals surface area contributed by atoms with E-state index in [-0.39, 0.29) is 25.5 Å². The maximum atomic E-state index is 12.4. The van der Waals surface area contributed by atoms with Gasteiger partial charge in [-0.2, -0.15) is 0 Å². The summed E-state index contributed by atoms with van der Waals surface area (Å²) in [4.78, 5) is 35.9. The Bertz CT molecular complexity index is 990. The highest BCUT2D eigenvalue weighted by molar-refractivity contribution is 5.94. The highest BCUT2D eigenvalue weighted by Crippen LogP contribution is 2.38. The van der Waals surface area contributed by atoms with Crippen molar-refractivity contribution in [1.29, 1.82) is 0 Å². The Labute approximate surface area is 201 Å². The summed E-state index contributed by atoms with van der Waals surface area (Å²) in [5.74, 6) is -3.84. The number of halogens is 3.